The van der Waals surface area contributed by atoms with E-state index in [4.69, 9.17) is 5.73 Å². The summed E-state index contributed by atoms with van der Waals surface area (Å²) in [6.45, 7) is 2.11. The van der Waals surface area contributed by atoms with Crippen molar-refractivity contribution in [3.05, 3.63) is 35.7 Å². The van der Waals surface area contributed by atoms with Crippen LogP contribution in [-0.2, 0) is 6.42 Å². The third-order valence-electron chi connectivity index (χ3n) is 3.84. The number of nitrogens with two attached hydrogens (primary N) is 1. The molecule has 1 aromatic heterocycles. The molecule has 0 saturated heterocycles. The van der Waals surface area contributed by atoms with E-state index in [9.17, 15) is 8.78 Å². The molecule has 0 amide bonds. The van der Waals surface area contributed by atoms with Crippen molar-refractivity contribution in [2.24, 2.45) is 0 Å². The molecule has 0 aliphatic heterocycles. The number of hydrogen-bond donors (Lipinski definition) is 1. The Morgan fingerprint density at radius 2 is 1.95 bits per heavy atom. The van der Waals surface area contributed by atoms with Crippen LogP contribution in [0.25, 0.3) is 11.3 Å². The van der Waals surface area contributed by atoms with Crippen molar-refractivity contribution < 1.29 is 8.78 Å². The molecule has 1 saturated carbocycles. The van der Waals surface area contributed by atoms with Crippen molar-refractivity contribution in [1.82, 2.24) is 9.55 Å². The molecule has 2 N–H and O–H groups in total. The van der Waals surface area contributed by atoms with Crippen LogP contribution in [0.1, 0.15) is 50.0 Å². The summed E-state index contributed by atoms with van der Waals surface area (Å²) in [5.74, 6) is 1.66. The molecule has 3 nitrogen and oxygen atoms in total. The lowest BCUT2D eigenvalue weighted by atomic mass is 10.1. The standard InChI is InChI=1S/C16H19F2N3/c1-2-3-13-20-14(16(19)21(13)12-8-9-12)10-4-6-11(7-5-10)15(17)18/h4-7,12,15H,2-3,8-9,19H2,1H3. The number of nitrogens with zero attached hydrogens (tertiary/aromatic N) is 2. The first-order chi connectivity index (χ1) is 10.1. The summed E-state index contributed by atoms with van der Waals surface area (Å²) in [6, 6.07) is 6.69. The Kier molecular flexibility index (Phi) is 3.66. The number of aromatic nitrogens is 2. The van der Waals surface area contributed by atoms with Gasteiger partial charge in [-0.05, 0) is 19.3 Å². The topological polar surface area (TPSA) is 43.8 Å². The highest BCUT2D eigenvalue weighted by atomic mass is 19.3. The predicted octanol–water partition coefficient (Wildman–Crippen LogP) is 4.36. The molecule has 1 aromatic carbocycles. The number of benzene rings is 1. The van der Waals surface area contributed by atoms with E-state index in [-0.39, 0.29) is 5.56 Å². The quantitative estimate of drug-likeness (QED) is 0.889. The van der Waals surface area contributed by atoms with Gasteiger partial charge in [0.1, 0.15) is 17.3 Å². The molecule has 112 valence electrons. The van der Waals surface area contributed by atoms with Crippen LogP contribution in [0.15, 0.2) is 24.3 Å². The van der Waals surface area contributed by atoms with Crippen LogP contribution < -0.4 is 5.73 Å². The number of nitrogen functional groups attached to an aromatic ring is 1. The summed E-state index contributed by atoms with van der Waals surface area (Å²) in [6.07, 6.45) is 1.72. The van der Waals surface area contributed by atoms with Gasteiger partial charge in [0.25, 0.3) is 6.43 Å². The van der Waals surface area contributed by atoms with Crippen LogP contribution in [0.5, 0.6) is 0 Å². The van der Waals surface area contributed by atoms with Crippen LogP contribution in [0.2, 0.25) is 0 Å². The molecule has 0 atom stereocenters. The first-order valence-corrected chi connectivity index (χ1v) is 7.36. The highest BCUT2D eigenvalue weighted by Gasteiger charge is 2.29. The van der Waals surface area contributed by atoms with E-state index < -0.39 is 6.43 Å². The molecule has 0 radical (unpaired) electrons. The average Bonchev–Trinajstić information content (AvgIpc) is 3.25. The second kappa shape index (κ2) is 5.47. The van der Waals surface area contributed by atoms with E-state index in [1.54, 1.807) is 12.1 Å². The second-order valence-electron chi connectivity index (χ2n) is 5.54. The van der Waals surface area contributed by atoms with Crippen molar-refractivity contribution in [3.63, 3.8) is 0 Å². The Morgan fingerprint density at radius 3 is 2.48 bits per heavy atom. The lowest BCUT2D eigenvalue weighted by Crippen LogP contribution is -2.05. The van der Waals surface area contributed by atoms with Crippen LogP contribution in [-0.4, -0.2) is 9.55 Å². The minimum atomic E-state index is -2.45. The molecular weight excluding hydrogens is 272 g/mol. The zero-order valence-corrected chi connectivity index (χ0v) is 12.0. The van der Waals surface area contributed by atoms with Gasteiger partial charge in [-0.3, -0.25) is 0 Å². The second-order valence-corrected chi connectivity index (χ2v) is 5.54. The molecule has 21 heavy (non-hydrogen) atoms. The van der Waals surface area contributed by atoms with E-state index in [2.05, 4.69) is 16.5 Å². The van der Waals surface area contributed by atoms with Crippen molar-refractivity contribution in [2.75, 3.05) is 5.73 Å². The number of hydrogen-bond acceptors (Lipinski definition) is 2. The molecular formula is C16H19F2N3. The van der Waals surface area contributed by atoms with E-state index in [0.717, 1.165) is 37.1 Å². The normalized spacial score (nSPS) is 14.9. The summed E-state index contributed by atoms with van der Waals surface area (Å²) in [5.41, 5.74) is 7.79. The lowest BCUT2D eigenvalue weighted by molar-refractivity contribution is 0.151. The Morgan fingerprint density at radius 1 is 1.29 bits per heavy atom. The first kappa shape index (κ1) is 14.0. The summed E-state index contributed by atoms with van der Waals surface area (Å²) < 4.78 is 27.4. The first-order valence-electron chi connectivity index (χ1n) is 7.36. The third-order valence-corrected chi connectivity index (χ3v) is 3.84. The summed E-state index contributed by atoms with van der Waals surface area (Å²) >= 11 is 0. The Bertz CT molecular complexity index is 628. The summed E-state index contributed by atoms with van der Waals surface area (Å²) in [7, 11) is 0. The van der Waals surface area contributed by atoms with Gasteiger partial charge in [-0.1, -0.05) is 31.2 Å². The van der Waals surface area contributed by atoms with Gasteiger partial charge in [0.15, 0.2) is 0 Å². The summed E-state index contributed by atoms with van der Waals surface area (Å²) in [5, 5.41) is 0. The number of rotatable bonds is 5. The molecule has 1 aliphatic carbocycles. The molecule has 5 heteroatoms. The van der Waals surface area contributed by atoms with Gasteiger partial charge in [-0.25, -0.2) is 13.8 Å². The molecule has 2 aromatic rings. The average molecular weight is 291 g/mol. The fourth-order valence-corrected chi connectivity index (χ4v) is 2.63. The minimum absolute atomic E-state index is 0.0210. The van der Waals surface area contributed by atoms with Gasteiger partial charge in [-0.15, -0.1) is 0 Å². The number of imidazole rings is 1. The van der Waals surface area contributed by atoms with Crippen molar-refractivity contribution >= 4 is 5.82 Å². The fraction of sp³-hybridized carbons (Fsp3) is 0.438. The van der Waals surface area contributed by atoms with Gasteiger partial charge in [-0.2, -0.15) is 0 Å². The maximum Gasteiger partial charge on any atom is 0.263 e. The molecule has 0 spiro atoms. The van der Waals surface area contributed by atoms with E-state index in [0.29, 0.717) is 17.6 Å². The van der Waals surface area contributed by atoms with Crippen LogP contribution in [0, 0.1) is 0 Å². The zero-order chi connectivity index (χ0) is 15.0. The maximum atomic E-state index is 12.6. The maximum absolute atomic E-state index is 12.6. The van der Waals surface area contributed by atoms with Crippen molar-refractivity contribution in [3.8, 4) is 11.3 Å². The molecule has 1 fully saturated rings. The Balaban J connectivity index is 1.99. The Labute approximate surface area is 122 Å². The molecule has 1 aliphatic rings. The van der Waals surface area contributed by atoms with E-state index >= 15 is 0 Å². The zero-order valence-electron chi connectivity index (χ0n) is 12.0. The van der Waals surface area contributed by atoms with Gasteiger partial charge in [0.05, 0.1) is 0 Å². The van der Waals surface area contributed by atoms with Crippen LogP contribution in [0.3, 0.4) is 0 Å². The van der Waals surface area contributed by atoms with Gasteiger partial charge >= 0.3 is 0 Å². The van der Waals surface area contributed by atoms with E-state index in [1.807, 2.05) is 0 Å². The number of anilines is 1. The number of alkyl halides is 2. The van der Waals surface area contributed by atoms with Crippen molar-refractivity contribution in [1.29, 1.82) is 0 Å². The highest BCUT2D eigenvalue weighted by molar-refractivity contribution is 5.71. The minimum Gasteiger partial charge on any atom is -0.383 e. The largest absolute Gasteiger partial charge is 0.383 e. The monoisotopic (exact) mass is 291 g/mol. The van der Waals surface area contributed by atoms with Crippen molar-refractivity contribution in [2.45, 2.75) is 45.1 Å². The van der Waals surface area contributed by atoms with Crippen LogP contribution >= 0.6 is 0 Å². The Hall–Kier alpha value is -1.91. The SMILES string of the molecule is CCCc1nc(-c2ccc(C(F)F)cc2)c(N)n1C1CC1. The smallest absolute Gasteiger partial charge is 0.263 e. The number of aryl methyl sites for hydroxylation is 1. The highest BCUT2D eigenvalue weighted by Crippen LogP contribution is 2.41. The number of halogens is 2. The van der Waals surface area contributed by atoms with Crippen LogP contribution in [0.4, 0.5) is 14.6 Å². The van der Waals surface area contributed by atoms with Gasteiger partial charge < -0.3 is 10.3 Å². The third kappa shape index (κ3) is 2.64. The molecule has 0 bridgehead atoms. The molecule has 0 unspecified atom stereocenters. The molecule has 1 heterocycles. The molecule has 3 rings (SSSR count). The van der Waals surface area contributed by atoms with Gasteiger partial charge in [0.2, 0.25) is 0 Å². The fourth-order valence-electron chi connectivity index (χ4n) is 2.63. The summed E-state index contributed by atoms with van der Waals surface area (Å²) in [4.78, 5) is 4.66. The van der Waals surface area contributed by atoms with Gasteiger partial charge in [0, 0.05) is 23.6 Å². The lowest BCUT2D eigenvalue weighted by Gasteiger charge is -2.07. The van der Waals surface area contributed by atoms with E-state index in [1.165, 1.54) is 12.1 Å². The predicted molar refractivity (Wildman–Crippen MR) is 79.3 cm³/mol.